The molecule has 0 fully saturated rings. The van der Waals surface area contributed by atoms with E-state index in [0.29, 0.717) is 18.1 Å². The van der Waals surface area contributed by atoms with E-state index in [2.05, 4.69) is 6.58 Å². The Bertz CT molecular complexity index is 845. The highest BCUT2D eigenvalue weighted by atomic mass is 16.5. The number of carbonyl (C=O) groups is 2. The minimum absolute atomic E-state index is 0.321. The standard InChI is InChI=1S/C22H23NO5/c1-4-14-27-19-12-10-17(15-20(19)26-3)11-13-22(25)28-16-21(24)23(2)18-8-6-5-7-9-18/h4-13,15H,1,14,16H2,2-3H3/b13-11+. The summed E-state index contributed by atoms with van der Waals surface area (Å²) in [6.07, 6.45) is 4.47. The molecule has 0 aliphatic carbocycles. The monoisotopic (exact) mass is 381 g/mol. The molecule has 0 bridgehead atoms. The molecule has 0 heterocycles. The van der Waals surface area contributed by atoms with Gasteiger partial charge in [0.05, 0.1) is 7.11 Å². The van der Waals surface area contributed by atoms with Crippen molar-refractivity contribution in [2.24, 2.45) is 0 Å². The molecule has 0 aromatic heterocycles. The Labute approximate surface area is 164 Å². The molecule has 0 unspecified atom stereocenters. The van der Waals surface area contributed by atoms with Crippen molar-refractivity contribution in [1.82, 2.24) is 0 Å². The fraction of sp³-hybridized carbons (Fsp3) is 0.182. The Morgan fingerprint density at radius 1 is 1.11 bits per heavy atom. The van der Waals surface area contributed by atoms with Crippen LogP contribution >= 0.6 is 0 Å². The molecule has 1 amide bonds. The third-order valence-corrected chi connectivity index (χ3v) is 3.81. The molecule has 0 atom stereocenters. The number of likely N-dealkylation sites (N-methyl/N-ethyl adjacent to an activating group) is 1. The van der Waals surface area contributed by atoms with Gasteiger partial charge < -0.3 is 19.1 Å². The third kappa shape index (κ3) is 6.02. The number of rotatable bonds is 9. The lowest BCUT2D eigenvalue weighted by atomic mass is 10.2. The van der Waals surface area contributed by atoms with Gasteiger partial charge in [0.1, 0.15) is 6.61 Å². The number of benzene rings is 2. The van der Waals surface area contributed by atoms with Gasteiger partial charge in [0, 0.05) is 18.8 Å². The predicted octanol–water partition coefficient (Wildman–Crippen LogP) is 3.48. The number of methoxy groups -OCH3 is 1. The summed E-state index contributed by atoms with van der Waals surface area (Å²) in [4.78, 5) is 25.4. The average Bonchev–Trinajstić information content (AvgIpc) is 2.74. The zero-order chi connectivity index (χ0) is 20.4. The summed E-state index contributed by atoms with van der Waals surface area (Å²) in [5.74, 6) is 0.188. The average molecular weight is 381 g/mol. The van der Waals surface area contributed by atoms with Gasteiger partial charge in [0.25, 0.3) is 5.91 Å². The third-order valence-electron chi connectivity index (χ3n) is 3.81. The van der Waals surface area contributed by atoms with E-state index in [1.165, 1.54) is 18.1 Å². The van der Waals surface area contributed by atoms with E-state index in [1.54, 1.807) is 49.5 Å². The number of hydrogen-bond acceptors (Lipinski definition) is 5. The number of amides is 1. The fourth-order valence-electron chi connectivity index (χ4n) is 2.29. The van der Waals surface area contributed by atoms with Crippen LogP contribution in [0, 0.1) is 0 Å². The second kappa shape index (κ2) is 10.6. The van der Waals surface area contributed by atoms with Crippen LogP contribution in [0.3, 0.4) is 0 Å². The smallest absolute Gasteiger partial charge is 0.331 e. The number of carbonyl (C=O) groups excluding carboxylic acids is 2. The van der Waals surface area contributed by atoms with E-state index >= 15 is 0 Å². The van der Waals surface area contributed by atoms with Crippen LogP contribution in [0.1, 0.15) is 5.56 Å². The molecule has 0 aliphatic rings. The fourth-order valence-corrected chi connectivity index (χ4v) is 2.29. The quantitative estimate of drug-likeness (QED) is 0.378. The summed E-state index contributed by atoms with van der Waals surface area (Å²) in [6, 6.07) is 14.4. The zero-order valence-corrected chi connectivity index (χ0v) is 16.0. The van der Waals surface area contributed by atoms with Gasteiger partial charge in [0.15, 0.2) is 18.1 Å². The van der Waals surface area contributed by atoms with Gasteiger partial charge in [-0.25, -0.2) is 4.79 Å². The van der Waals surface area contributed by atoms with Gasteiger partial charge in [-0.05, 0) is 35.9 Å². The maximum absolute atomic E-state index is 12.1. The molecule has 0 spiro atoms. The molecular weight excluding hydrogens is 358 g/mol. The van der Waals surface area contributed by atoms with Crippen molar-refractivity contribution >= 4 is 23.6 Å². The van der Waals surface area contributed by atoms with Crippen LogP contribution in [0.15, 0.2) is 67.3 Å². The highest BCUT2D eigenvalue weighted by Gasteiger charge is 2.12. The highest BCUT2D eigenvalue weighted by molar-refractivity contribution is 5.96. The molecule has 0 radical (unpaired) electrons. The Balaban J connectivity index is 1.91. The SMILES string of the molecule is C=CCOc1ccc(/C=C/C(=O)OCC(=O)N(C)c2ccccc2)cc1OC. The number of anilines is 1. The van der Waals surface area contributed by atoms with E-state index in [-0.39, 0.29) is 12.5 Å². The zero-order valence-electron chi connectivity index (χ0n) is 16.0. The Kier molecular flexibility index (Phi) is 7.84. The van der Waals surface area contributed by atoms with E-state index in [9.17, 15) is 9.59 Å². The minimum Gasteiger partial charge on any atom is -0.493 e. The first-order chi connectivity index (χ1) is 13.5. The van der Waals surface area contributed by atoms with Crippen LogP contribution in [0.5, 0.6) is 11.5 Å². The van der Waals surface area contributed by atoms with Gasteiger partial charge in [0.2, 0.25) is 0 Å². The van der Waals surface area contributed by atoms with Crippen molar-refractivity contribution in [2.45, 2.75) is 0 Å². The Morgan fingerprint density at radius 3 is 2.54 bits per heavy atom. The lowest BCUT2D eigenvalue weighted by Crippen LogP contribution is -2.30. The van der Waals surface area contributed by atoms with Gasteiger partial charge in [-0.3, -0.25) is 4.79 Å². The van der Waals surface area contributed by atoms with Crippen molar-refractivity contribution < 1.29 is 23.8 Å². The predicted molar refractivity (Wildman–Crippen MR) is 109 cm³/mol. The maximum atomic E-state index is 12.1. The van der Waals surface area contributed by atoms with Crippen LogP contribution in [-0.2, 0) is 14.3 Å². The molecule has 0 aliphatic heterocycles. The molecule has 28 heavy (non-hydrogen) atoms. The minimum atomic E-state index is -0.610. The topological polar surface area (TPSA) is 65.1 Å². The molecule has 2 rings (SSSR count). The van der Waals surface area contributed by atoms with Gasteiger partial charge >= 0.3 is 5.97 Å². The van der Waals surface area contributed by atoms with E-state index < -0.39 is 5.97 Å². The first kappa shape index (κ1) is 20.8. The molecule has 6 heteroatoms. The van der Waals surface area contributed by atoms with Gasteiger partial charge in [-0.2, -0.15) is 0 Å². The number of hydrogen-bond donors (Lipinski definition) is 0. The van der Waals surface area contributed by atoms with Crippen LogP contribution in [0.4, 0.5) is 5.69 Å². The summed E-state index contributed by atoms with van der Waals surface area (Å²) in [5, 5.41) is 0. The van der Waals surface area contributed by atoms with Crippen molar-refractivity contribution in [3.63, 3.8) is 0 Å². The molecule has 0 saturated heterocycles. The summed E-state index contributed by atoms with van der Waals surface area (Å²) >= 11 is 0. The van der Waals surface area contributed by atoms with E-state index in [1.807, 2.05) is 18.2 Å². The number of ether oxygens (including phenoxy) is 3. The Hall–Kier alpha value is -3.54. The lowest BCUT2D eigenvalue weighted by Gasteiger charge is -2.16. The van der Waals surface area contributed by atoms with Crippen LogP contribution in [-0.4, -0.2) is 39.2 Å². The van der Waals surface area contributed by atoms with Gasteiger partial charge in [-0.1, -0.05) is 36.9 Å². The first-order valence-electron chi connectivity index (χ1n) is 8.63. The largest absolute Gasteiger partial charge is 0.493 e. The van der Waals surface area contributed by atoms with Gasteiger partial charge in [-0.15, -0.1) is 0 Å². The first-order valence-corrected chi connectivity index (χ1v) is 8.63. The molecule has 2 aromatic carbocycles. The van der Waals surface area contributed by atoms with Crippen molar-refractivity contribution in [2.75, 3.05) is 32.3 Å². The maximum Gasteiger partial charge on any atom is 0.331 e. The van der Waals surface area contributed by atoms with Crippen molar-refractivity contribution in [3.05, 3.63) is 72.8 Å². The molecule has 2 aromatic rings. The summed E-state index contributed by atoms with van der Waals surface area (Å²) in [7, 11) is 3.16. The number of esters is 1. The molecule has 146 valence electrons. The summed E-state index contributed by atoms with van der Waals surface area (Å²) < 4.78 is 15.8. The highest BCUT2D eigenvalue weighted by Crippen LogP contribution is 2.28. The second-order valence-electron chi connectivity index (χ2n) is 5.74. The van der Waals surface area contributed by atoms with Crippen LogP contribution < -0.4 is 14.4 Å². The lowest BCUT2D eigenvalue weighted by molar-refractivity contribution is -0.142. The number of nitrogens with zero attached hydrogens (tertiary/aromatic N) is 1. The van der Waals surface area contributed by atoms with Crippen molar-refractivity contribution in [3.8, 4) is 11.5 Å². The van der Waals surface area contributed by atoms with Crippen LogP contribution in [0.25, 0.3) is 6.08 Å². The summed E-state index contributed by atoms with van der Waals surface area (Å²) in [5.41, 5.74) is 1.46. The molecule has 0 saturated carbocycles. The van der Waals surface area contributed by atoms with E-state index in [0.717, 1.165) is 11.3 Å². The number of para-hydroxylation sites is 1. The van der Waals surface area contributed by atoms with Crippen LogP contribution in [0.2, 0.25) is 0 Å². The van der Waals surface area contributed by atoms with E-state index in [4.69, 9.17) is 14.2 Å². The molecule has 6 nitrogen and oxygen atoms in total. The Morgan fingerprint density at radius 2 is 1.86 bits per heavy atom. The van der Waals surface area contributed by atoms with Crippen molar-refractivity contribution in [1.29, 1.82) is 0 Å². The second-order valence-corrected chi connectivity index (χ2v) is 5.74. The normalized spacial score (nSPS) is 10.4. The molecular formula is C22H23NO5. The summed E-state index contributed by atoms with van der Waals surface area (Å²) in [6.45, 7) is 3.62. The molecule has 0 N–H and O–H groups in total.